The molecule has 0 heterocycles. The van der Waals surface area contributed by atoms with Crippen molar-refractivity contribution in [1.29, 1.82) is 0 Å². The van der Waals surface area contributed by atoms with Gasteiger partial charge in [-0.15, -0.1) is 12.6 Å². The molecule has 0 saturated carbocycles. The lowest BCUT2D eigenvalue weighted by Gasteiger charge is -2.22. The lowest BCUT2D eigenvalue weighted by molar-refractivity contribution is 0.117. The Labute approximate surface area is 194 Å². The van der Waals surface area contributed by atoms with Crippen LogP contribution in [0.15, 0.2) is 0 Å². The minimum atomic E-state index is 0.719. The fourth-order valence-corrected chi connectivity index (χ4v) is 4.09. The topological polar surface area (TPSA) is 12.5 Å². The van der Waals surface area contributed by atoms with Gasteiger partial charge in [0.25, 0.3) is 0 Å². The van der Waals surface area contributed by atoms with Crippen LogP contribution in [0.5, 0.6) is 0 Å². The molecule has 0 aromatic rings. The monoisotopic (exact) mass is 445 g/mol. The van der Waals surface area contributed by atoms with Gasteiger partial charge in [0.15, 0.2) is 0 Å². The summed E-state index contributed by atoms with van der Waals surface area (Å²) in [6.07, 6.45) is 24.5. The summed E-state index contributed by atoms with van der Waals surface area (Å²) in [5.41, 5.74) is 0. The predicted molar refractivity (Wildman–Crippen MR) is 138 cm³/mol. The van der Waals surface area contributed by atoms with Crippen molar-refractivity contribution in [3.63, 3.8) is 0 Å². The maximum atomic E-state index is 5.82. The molecule has 0 aromatic carbocycles. The molecule has 0 aromatic heterocycles. The molecule has 0 fully saturated rings. The highest BCUT2D eigenvalue weighted by atomic mass is 32.1. The molecule has 0 aliphatic rings. The van der Waals surface area contributed by atoms with E-state index in [2.05, 4.69) is 31.4 Å². The first-order valence-electron chi connectivity index (χ1n) is 12.8. The third-order valence-electron chi connectivity index (χ3n) is 5.70. The van der Waals surface area contributed by atoms with Crippen molar-refractivity contribution >= 4 is 29.2 Å². The zero-order chi connectivity index (χ0) is 21.4. The Hall–Kier alpha value is 0.200. The second-order valence-electron chi connectivity index (χ2n) is 8.54. The summed E-state index contributed by atoms with van der Waals surface area (Å²) in [6.45, 7) is 8.13. The summed E-state index contributed by atoms with van der Waals surface area (Å²) in [5, 5.41) is 0. The van der Waals surface area contributed by atoms with Gasteiger partial charge in [-0.3, -0.25) is 0 Å². The lowest BCUT2D eigenvalue weighted by atomic mass is 10.1. The van der Waals surface area contributed by atoms with Gasteiger partial charge in [0.05, 0.1) is 6.61 Å². The van der Waals surface area contributed by atoms with Crippen LogP contribution in [0.1, 0.15) is 129 Å². The smallest absolute Gasteiger partial charge is 0.133 e. The number of thiocarbonyl (C=S) groups is 1. The average molecular weight is 446 g/mol. The van der Waals surface area contributed by atoms with E-state index in [9.17, 15) is 0 Å². The lowest BCUT2D eigenvalue weighted by Crippen LogP contribution is -2.31. The Kier molecular flexibility index (Phi) is 24.6. The molecule has 0 rings (SSSR count). The number of ether oxygens (including phenoxy) is 1. The molecule has 174 valence electrons. The van der Waals surface area contributed by atoms with Crippen LogP contribution in [-0.2, 0) is 4.74 Å². The molecule has 0 unspecified atom stereocenters. The van der Waals surface area contributed by atoms with Crippen LogP contribution in [0.3, 0.4) is 0 Å². The summed E-state index contributed by atoms with van der Waals surface area (Å²) in [6, 6.07) is 0. The van der Waals surface area contributed by atoms with Crippen molar-refractivity contribution in [2.75, 3.05) is 26.3 Å². The van der Waals surface area contributed by atoms with Crippen LogP contribution in [0.4, 0.5) is 0 Å². The van der Waals surface area contributed by atoms with Crippen molar-refractivity contribution in [1.82, 2.24) is 4.90 Å². The van der Waals surface area contributed by atoms with Crippen molar-refractivity contribution < 1.29 is 4.74 Å². The van der Waals surface area contributed by atoms with Gasteiger partial charge in [0.1, 0.15) is 4.32 Å². The maximum absolute atomic E-state index is 5.82. The number of rotatable bonds is 23. The molecule has 0 aliphatic carbocycles. The summed E-state index contributed by atoms with van der Waals surface area (Å²) in [4.78, 5) is 2.21. The van der Waals surface area contributed by atoms with E-state index in [0.717, 1.165) is 30.6 Å². The summed E-state index contributed by atoms with van der Waals surface area (Å²) in [7, 11) is 0. The number of nitrogens with zero attached hydrogens (tertiary/aromatic N) is 1. The van der Waals surface area contributed by atoms with Crippen LogP contribution in [0.2, 0.25) is 0 Å². The van der Waals surface area contributed by atoms with E-state index >= 15 is 0 Å². The van der Waals surface area contributed by atoms with E-state index in [1.807, 2.05) is 0 Å². The molecule has 0 spiro atoms. The largest absolute Gasteiger partial charge is 0.380 e. The Bertz CT molecular complexity index is 339. The van der Waals surface area contributed by atoms with Crippen molar-refractivity contribution in [3.05, 3.63) is 0 Å². The molecule has 0 saturated heterocycles. The molecule has 2 nitrogen and oxygen atoms in total. The maximum Gasteiger partial charge on any atom is 0.133 e. The Morgan fingerprint density at radius 1 is 0.586 bits per heavy atom. The highest BCUT2D eigenvalue weighted by Crippen LogP contribution is 2.11. The van der Waals surface area contributed by atoms with E-state index in [0.29, 0.717) is 0 Å². The molecular formula is C25H51NOS2. The molecule has 29 heavy (non-hydrogen) atoms. The van der Waals surface area contributed by atoms with Gasteiger partial charge in [0, 0.05) is 19.7 Å². The summed E-state index contributed by atoms with van der Waals surface area (Å²) < 4.78 is 6.54. The van der Waals surface area contributed by atoms with Crippen LogP contribution in [0, 0.1) is 0 Å². The molecule has 0 atom stereocenters. The van der Waals surface area contributed by atoms with Crippen molar-refractivity contribution in [2.45, 2.75) is 129 Å². The number of hydrogen-bond donors (Lipinski definition) is 1. The van der Waals surface area contributed by atoms with E-state index < -0.39 is 0 Å². The highest BCUT2D eigenvalue weighted by Gasteiger charge is 2.06. The Morgan fingerprint density at radius 3 is 1.45 bits per heavy atom. The fraction of sp³-hybridized carbons (Fsp3) is 0.960. The van der Waals surface area contributed by atoms with Crippen molar-refractivity contribution in [2.24, 2.45) is 0 Å². The third-order valence-corrected chi connectivity index (χ3v) is 6.24. The number of thiol groups is 1. The summed E-state index contributed by atoms with van der Waals surface area (Å²) >= 11 is 9.70. The van der Waals surface area contributed by atoms with Gasteiger partial charge in [0.2, 0.25) is 0 Å². The van der Waals surface area contributed by atoms with Crippen LogP contribution in [0.25, 0.3) is 0 Å². The second-order valence-corrected chi connectivity index (χ2v) is 9.65. The molecule has 0 aliphatic heterocycles. The minimum absolute atomic E-state index is 0.719. The second kappa shape index (κ2) is 24.5. The Balaban J connectivity index is 3.44. The molecule has 0 bridgehead atoms. The molecule has 4 heteroatoms. The molecule has 0 amide bonds. The zero-order valence-electron chi connectivity index (χ0n) is 19.8. The first kappa shape index (κ1) is 29.2. The molecule has 0 radical (unpaired) electrons. The number of hydrogen-bond acceptors (Lipinski definition) is 2. The fourth-order valence-electron chi connectivity index (χ4n) is 3.71. The third kappa shape index (κ3) is 22.7. The van der Waals surface area contributed by atoms with Gasteiger partial charge < -0.3 is 9.64 Å². The first-order valence-corrected chi connectivity index (χ1v) is 13.6. The van der Waals surface area contributed by atoms with E-state index in [4.69, 9.17) is 17.0 Å². The number of unbranched alkanes of at least 4 members (excludes halogenated alkanes) is 16. The minimum Gasteiger partial charge on any atom is -0.380 e. The van der Waals surface area contributed by atoms with Gasteiger partial charge >= 0.3 is 0 Å². The summed E-state index contributed by atoms with van der Waals surface area (Å²) in [5.74, 6) is 0. The Morgan fingerprint density at radius 2 is 1.00 bits per heavy atom. The van der Waals surface area contributed by atoms with Crippen LogP contribution in [-0.4, -0.2) is 35.5 Å². The first-order chi connectivity index (χ1) is 14.2. The standard InChI is InChI=1S/C25H51NOS2/c1-3-5-7-9-11-13-14-15-17-19-21-26(25(28)29)22-24-27-23-20-18-16-12-10-8-6-4-2/h3-24H2,1-2H3,(H,28,29). The zero-order valence-corrected chi connectivity index (χ0v) is 21.5. The predicted octanol–water partition coefficient (Wildman–Crippen LogP) is 8.58. The van der Waals surface area contributed by atoms with Gasteiger partial charge in [-0.2, -0.15) is 0 Å². The van der Waals surface area contributed by atoms with Gasteiger partial charge in [-0.1, -0.05) is 129 Å². The average Bonchev–Trinajstić information content (AvgIpc) is 2.71. The molecular weight excluding hydrogens is 394 g/mol. The van der Waals surface area contributed by atoms with E-state index in [-0.39, 0.29) is 0 Å². The van der Waals surface area contributed by atoms with Crippen LogP contribution < -0.4 is 0 Å². The highest BCUT2D eigenvalue weighted by molar-refractivity contribution is 8.10. The van der Waals surface area contributed by atoms with E-state index in [1.165, 1.54) is 116 Å². The van der Waals surface area contributed by atoms with Crippen LogP contribution >= 0.6 is 24.8 Å². The quantitative estimate of drug-likeness (QED) is 0.0960. The van der Waals surface area contributed by atoms with E-state index in [1.54, 1.807) is 0 Å². The van der Waals surface area contributed by atoms with Gasteiger partial charge in [-0.05, 0) is 12.8 Å². The normalized spacial score (nSPS) is 11.1. The van der Waals surface area contributed by atoms with Crippen molar-refractivity contribution in [3.8, 4) is 0 Å². The van der Waals surface area contributed by atoms with Gasteiger partial charge in [-0.25, -0.2) is 0 Å². The molecule has 0 N–H and O–H groups in total. The SMILES string of the molecule is CCCCCCCCCCCCN(CCOCCCCCCCCCC)C(=S)S.